The van der Waals surface area contributed by atoms with Gasteiger partial charge in [-0.25, -0.2) is 0 Å². The zero-order valence-corrected chi connectivity index (χ0v) is 15.9. The first kappa shape index (κ1) is 19.0. The molecule has 3 heteroatoms. The molecule has 0 heterocycles. The molecule has 0 aliphatic heterocycles. The van der Waals surface area contributed by atoms with Crippen molar-refractivity contribution in [3.63, 3.8) is 0 Å². The van der Waals surface area contributed by atoms with E-state index >= 15 is 0 Å². The maximum absolute atomic E-state index is 11.9. The minimum atomic E-state index is -0.164. The predicted octanol–water partition coefficient (Wildman–Crippen LogP) is 5.42. The molecule has 3 nitrogen and oxygen atoms in total. The van der Waals surface area contributed by atoms with Crippen molar-refractivity contribution >= 4 is 11.6 Å². The number of hydrogen-bond acceptors (Lipinski definition) is 2. The molecule has 0 radical (unpaired) electrons. The number of nitrogens with one attached hydrogen (secondary N) is 1. The average Bonchev–Trinajstić information content (AvgIpc) is 2.52. The van der Waals surface area contributed by atoms with Crippen LogP contribution in [-0.2, 0) is 10.2 Å². The van der Waals surface area contributed by atoms with Crippen molar-refractivity contribution in [3.8, 4) is 5.75 Å². The van der Waals surface area contributed by atoms with Crippen LogP contribution in [0.1, 0.15) is 46.6 Å². The summed E-state index contributed by atoms with van der Waals surface area (Å²) < 4.78 is 5.60. The highest BCUT2D eigenvalue weighted by Crippen LogP contribution is 2.36. The van der Waals surface area contributed by atoms with Crippen molar-refractivity contribution in [2.24, 2.45) is 5.41 Å². The van der Waals surface area contributed by atoms with Crippen LogP contribution in [0.25, 0.3) is 0 Å². The largest absolute Gasteiger partial charge is 0.484 e. The quantitative estimate of drug-likeness (QED) is 0.763. The molecule has 0 bridgehead atoms. The summed E-state index contributed by atoms with van der Waals surface area (Å²) in [5, 5.41) is 2.81. The number of carbonyl (C=O) groups is 1. The van der Waals surface area contributed by atoms with E-state index < -0.39 is 0 Å². The van der Waals surface area contributed by atoms with Crippen LogP contribution >= 0.6 is 0 Å². The van der Waals surface area contributed by atoms with Gasteiger partial charge in [0.05, 0.1) is 0 Å². The molecule has 0 fully saturated rings. The summed E-state index contributed by atoms with van der Waals surface area (Å²) in [6.45, 7) is 11.3. The summed E-state index contributed by atoms with van der Waals surface area (Å²) in [5.74, 6) is 0.543. The molecule has 2 aromatic rings. The van der Waals surface area contributed by atoms with Gasteiger partial charge in [-0.05, 0) is 47.1 Å². The lowest BCUT2D eigenvalue weighted by Gasteiger charge is -2.33. The minimum absolute atomic E-state index is 0.000372. The van der Waals surface area contributed by atoms with E-state index in [4.69, 9.17) is 4.74 Å². The van der Waals surface area contributed by atoms with Gasteiger partial charge in [0.25, 0.3) is 5.91 Å². The summed E-state index contributed by atoms with van der Waals surface area (Å²) >= 11 is 0. The number of benzene rings is 2. The number of rotatable bonds is 6. The lowest BCUT2D eigenvalue weighted by molar-refractivity contribution is -0.118. The third-order valence-electron chi connectivity index (χ3n) is 4.04. The average molecular weight is 339 g/mol. The Morgan fingerprint density at radius 1 is 0.920 bits per heavy atom. The van der Waals surface area contributed by atoms with Crippen molar-refractivity contribution in [1.82, 2.24) is 0 Å². The predicted molar refractivity (Wildman–Crippen MR) is 104 cm³/mol. The Hall–Kier alpha value is -2.29. The Balaban J connectivity index is 1.91. The maximum Gasteiger partial charge on any atom is 0.262 e. The Kier molecular flexibility index (Phi) is 5.89. The molecule has 25 heavy (non-hydrogen) atoms. The number of carbonyl (C=O) groups excluding carboxylic acids is 1. The standard InChI is InChI=1S/C22H29NO2/c1-21(2,3)16-22(4,5)17-11-13-19(14-12-17)25-15-20(24)23-18-9-7-6-8-10-18/h6-14H,15-16H2,1-5H3,(H,23,24). The van der Waals surface area contributed by atoms with Crippen molar-refractivity contribution in [2.75, 3.05) is 11.9 Å². The van der Waals surface area contributed by atoms with Crippen LogP contribution in [0.5, 0.6) is 5.75 Å². The SMILES string of the molecule is CC(C)(C)CC(C)(C)c1ccc(OCC(=O)Nc2ccccc2)cc1. The highest BCUT2D eigenvalue weighted by atomic mass is 16.5. The fraction of sp³-hybridized carbons (Fsp3) is 0.409. The molecule has 134 valence electrons. The van der Waals surface area contributed by atoms with E-state index in [-0.39, 0.29) is 23.3 Å². The van der Waals surface area contributed by atoms with Gasteiger partial charge in [0.2, 0.25) is 0 Å². The molecule has 2 aromatic carbocycles. The molecular weight excluding hydrogens is 310 g/mol. The van der Waals surface area contributed by atoms with E-state index in [1.807, 2.05) is 42.5 Å². The topological polar surface area (TPSA) is 38.3 Å². The third-order valence-corrected chi connectivity index (χ3v) is 4.04. The molecule has 1 amide bonds. The van der Waals surface area contributed by atoms with Crippen LogP contribution in [0.15, 0.2) is 54.6 Å². The summed E-state index contributed by atoms with van der Waals surface area (Å²) in [6.07, 6.45) is 1.10. The molecule has 1 N–H and O–H groups in total. The molecule has 2 rings (SSSR count). The summed E-state index contributed by atoms with van der Waals surface area (Å²) in [5.41, 5.74) is 2.43. The first-order valence-corrected chi connectivity index (χ1v) is 8.74. The van der Waals surface area contributed by atoms with Crippen LogP contribution in [0, 0.1) is 5.41 Å². The lowest BCUT2D eigenvalue weighted by atomic mass is 9.72. The molecule has 0 unspecified atom stereocenters. The van der Waals surface area contributed by atoms with Gasteiger partial charge in [-0.1, -0.05) is 65.0 Å². The summed E-state index contributed by atoms with van der Waals surface area (Å²) in [6, 6.07) is 17.4. The summed E-state index contributed by atoms with van der Waals surface area (Å²) in [4.78, 5) is 11.9. The highest BCUT2D eigenvalue weighted by molar-refractivity contribution is 5.91. The Morgan fingerprint density at radius 2 is 1.52 bits per heavy atom. The van der Waals surface area contributed by atoms with Gasteiger partial charge in [-0.2, -0.15) is 0 Å². The van der Waals surface area contributed by atoms with E-state index in [9.17, 15) is 4.79 Å². The van der Waals surface area contributed by atoms with Crippen LogP contribution < -0.4 is 10.1 Å². The smallest absolute Gasteiger partial charge is 0.262 e. The van der Waals surface area contributed by atoms with Crippen LogP contribution in [0.4, 0.5) is 5.69 Å². The van der Waals surface area contributed by atoms with Crippen LogP contribution in [-0.4, -0.2) is 12.5 Å². The van der Waals surface area contributed by atoms with Crippen molar-refractivity contribution in [1.29, 1.82) is 0 Å². The van der Waals surface area contributed by atoms with E-state index in [2.05, 4.69) is 52.1 Å². The zero-order valence-electron chi connectivity index (χ0n) is 15.9. The second-order valence-corrected chi connectivity index (χ2v) is 8.35. The number of para-hydroxylation sites is 1. The lowest BCUT2D eigenvalue weighted by Crippen LogP contribution is -2.24. The minimum Gasteiger partial charge on any atom is -0.484 e. The first-order valence-electron chi connectivity index (χ1n) is 8.74. The van der Waals surface area contributed by atoms with Gasteiger partial charge in [-0.3, -0.25) is 4.79 Å². The van der Waals surface area contributed by atoms with Gasteiger partial charge in [-0.15, -0.1) is 0 Å². The van der Waals surface area contributed by atoms with Crippen molar-refractivity contribution < 1.29 is 9.53 Å². The molecule has 0 saturated heterocycles. The number of ether oxygens (including phenoxy) is 1. The second kappa shape index (κ2) is 7.73. The third kappa shape index (κ3) is 6.26. The summed E-state index contributed by atoms with van der Waals surface area (Å²) in [7, 11) is 0. The van der Waals surface area contributed by atoms with Crippen molar-refractivity contribution in [2.45, 2.75) is 46.5 Å². The first-order chi connectivity index (χ1) is 11.7. The molecule has 0 saturated carbocycles. The normalized spacial score (nSPS) is 11.9. The van der Waals surface area contributed by atoms with Crippen molar-refractivity contribution in [3.05, 3.63) is 60.2 Å². The van der Waals surface area contributed by atoms with Crippen LogP contribution in [0.3, 0.4) is 0 Å². The highest BCUT2D eigenvalue weighted by Gasteiger charge is 2.27. The van der Waals surface area contributed by atoms with E-state index in [1.54, 1.807) is 0 Å². The van der Waals surface area contributed by atoms with Gasteiger partial charge in [0.15, 0.2) is 6.61 Å². The fourth-order valence-corrected chi connectivity index (χ4v) is 3.30. The fourth-order valence-electron chi connectivity index (χ4n) is 3.30. The van der Waals surface area contributed by atoms with Gasteiger partial charge in [0.1, 0.15) is 5.75 Å². The monoisotopic (exact) mass is 339 g/mol. The molecule has 0 atom stereocenters. The Bertz CT molecular complexity index is 682. The molecule has 0 aliphatic rings. The number of hydrogen-bond donors (Lipinski definition) is 1. The molecule has 0 spiro atoms. The number of anilines is 1. The zero-order chi connectivity index (χ0) is 18.5. The molecule has 0 aliphatic carbocycles. The van der Waals surface area contributed by atoms with E-state index in [0.29, 0.717) is 5.75 Å². The maximum atomic E-state index is 11.9. The Morgan fingerprint density at radius 3 is 2.08 bits per heavy atom. The molecular formula is C22H29NO2. The van der Waals surface area contributed by atoms with Gasteiger partial charge >= 0.3 is 0 Å². The number of amides is 1. The van der Waals surface area contributed by atoms with Gasteiger partial charge < -0.3 is 10.1 Å². The van der Waals surface area contributed by atoms with E-state index in [0.717, 1.165) is 12.1 Å². The molecule has 0 aromatic heterocycles. The Labute approximate surface area is 151 Å². The van der Waals surface area contributed by atoms with E-state index in [1.165, 1.54) is 5.56 Å². The second-order valence-electron chi connectivity index (χ2n) is 8.35. The van der Waals surface area contributed by atoms with Crippen LogP contribution in [0.2, 0.25) is 0 Å². The van der Waals surface area contributed by atoms with Gasteiger partial charge in [0, 0.05) is 5.69 Å².